The van der Waals surface area contributed by atoms with Crippen LogP contribution >= 0.6 is 0 Å². The van der Waals surface area contributed by atoms with Crippen molar-refractivity contribution in [2.24, 2.45) is 0 Å². The Bertz CT molecular complexity index is 1200. The minimum Gasteiger partial charge on any atom is -0.233 e. The van der Waals surface area contributed by atoms with Crippen molar-refractivity contribution in [1.29, 1.82) is 0 Å². The number of aromatic nitrogens is 1. The summed E-state index contributed by atoms with van der Waals surface area (Å²) in [5.74, 6) is -1.64. The van der Waals surface area contributed by atoms with Crippen LogP contribution in [-0.4, -0.2) is 12.4 Å². The minimum absolute atomic E-state index is 0.0411. The lowest BCUT2D eigenvalue weighted by Crippen LogP contribution is -2.14. The van der Waals surface area contributed by atoms with Crippen molar-refractivity contribution < 1.29 is 17.2 Å². The molecule has 0 unspecified atom stereocenters. The molecule has 4 rings (SSSR count). The number of hydrogen-bond acceptors (Lipinski definition) is 2. The minimum atomic E-state index is -4.05. The first-order valence-electron chi connectivity index (χ1n) is 7.85. The first-order valence-corrected chi connectivity index (χ1v) is 9.29. The van der Waals surface area contributed by atoms with Crippen molar-refractivity contribution in [2.45, 2.75) is 4.90 Å². The molecular weight excluding hydrogens is 356 g/mol. The zero-order valence-corrected chi connectivity index (χ0v) is 14.2. The standard InChI is InChI=1S/C20H13F2NO2S/c21-16-10-6-11-17(22)20(16)19-13-14-7-4-5-12-18(14)23(19)26(24,25)15-8-2-1-3-9-15/h1-13H. The SMILES string of the molecule is O=S(=O)(c1ccccc1)n1c(-c2c(F)cccc2F)cc2ccccc21. The Balaban J connectivity index is 2.13. The second kappa shape index (κ2) is 6.07. The van der Waals surface area contributed by atoms with Crippen LogP contribution in [0, 0.1) is 11.6 Å². The van der Waals surface area contributed by atoms with Crippen LogP contribution in [0.1, 0.15) is 0 Å². The molecule has 0 aliphatic carbocycles. The summed E-state index contributed by atoms with van der Waals surface area (Å²) in [7, 11) is -4.05. The summed E-state index contributed by atoms with van der Waals surface area (Å²) in [4.78, 5) is 0.0411. The zero-order chi connectivity index (χ0) is 18.3. The fourth-order valence-corrected chi connectivity index (χ4v) is 4.54. The van der Waals surface area contributed by atoms with Crippen molar-refractivity contribution >= 4 is 20.9 Å². The highest BCUT2D eigenvalue weighted by molar-refractivity contribution is 7.90. The lowest BCUT2D eigenvalue weighted by molar-refractivity contribution is 0.583. The van der Waals surface area contributed by atoms with Gasteiger partial charge in [-0.25, -0.2) is 21.2 Å². The summed E-state index contributed by atoms with van der Waals surface area (Å²) >= 11 is 0. The lowest BCUT2D eigenvalue weighted by atomic mass is 10.1. The highest BCUT2D eigenvalue weighted by atomic mass is 32.2. The molecule has 6 heteroatoms. The largest absolute Gasteiger partial charge is 0.268 e. The molecule has 0 aliphatic heterocycles. The Kier molecular flexibility index (Phi) is 3.85. The van der Waals surface area contributed by atoms with E-state index >= 15 is 0 Å². The summed E-state index contributed by atoms with van der Waals surface area (Å²) in [6.45, 7) is 0. The van der Waals surface area contributed by atoms with Gasteiger partial charge in [-0.05, 0) is 36.4 Å². The van der Waals surface area contributed by atoms with E-state index in [1.165, 1.54) is 24.3 Å². The van der Waals surface area contributed by atoms with Gasteiger partial charge >= 0.3 is 0 Å². The molecule has 0 bridgehead atoms. The fraction of sp³-hybridized carbons (Fsp3) is 0. The normalized spacial score (nSPS) is 11.8. The highest BCUT2D eigenvalue weighted by Gasteiger charge is 2.26. The highest BCUT2D eigenvalue weighted by Crippen LogP contribution is 2.34. The Morgan fingerprint density at radius 3 is 2.04 bits per heavy atom. The molecule has 0 aliphatic rings. The summed E-state index contributed by atoms with van der Waals surface area (Å²) in [6.07, 6.45) is 0. The number of para-hydroxylation sites is 1. The number of hydrogen-bond donors (Lipinski definition) is 0. The average molecular weight is 369 g/mol. The summed E-state index contributed by atoms with van der Waals surface area (Å²) in [6, 6.07) is 19.5. The van der Waals surface area contributed by atoms with Crippen LogP contribution in [0.2, 0.25) is 0 Å². The molecule has 0 atom stereocenters. The van der Waals surface area contributed by atoms with Crippen LogP contribution in [0.5, 0.6) is 0 Å². The van der Waals surface area contributed by atoms with Gasteiger partial charge in [-0.1, -0.05) is 42.5 Å². The van der Waals surface area contributed by atoms with Gasteiger partial charge in [0.1, 0.15) is 11.6 Å². The van der Waals surface area contributed by atoms with Crippen molar-refractivity contribution in [3.05, 3.63) is 90.5 Å². The summed E-state index contributed by atoms with van der Waals surface area (Å²) in [5, 5.41) is 0.574. The van der Waals surface area contributed by atoms with Gasteiger partial charge in [-0.3, -0.25) is 0 Å². The fourth-order valence-electron chi connectivity index (χ4n) is 3.00. The summed E-state index contributed by atoms with van der Waals surface area (Å²) in [5.41, 5.74) is -0.0668. The Labute approximate surface area is 149 Å². The number of halogens is 2. The van der Waals surface area contributed by atoms with Gasteiger partial charge in [0.05, 0.1) is 21.7 Å². The molecule has 0 saturated heterocycles. The Morgan fingerprint density at radius 1 is 0.731 bits per heavy atom. The molecule has 0 N–H and O–H groups in total. The third-order valence-electron chi connectivity index (χ3n) is 4.17. The van der Waals surface area contributed by atoms with Crippen LogP contribution < -0.4 is 0 Å². The van der Waals surface area contributed by atoms with E-state index in [2.05, 4.69) is 0 Å². The second-order valence-corrected chi connectivity index (χ2v) is 7.55. The van der Waals surface area contributed by atoms with E-state index in [0.717, 1.165) is 16.1 Å². The third kappa shape index (κ3) is 2.50. The molecule has 130 valence electrons. The molecule has 26 heavy (non-hydrogen) atoms. The molecule has 0 fully saturated rings. The zero-order valence-electron chi connectivity index (χ0n) is 13.4. The van der Waals surface area contributed by atoms with Crippen LogP contribution in [0.3, 0.4) is 0 Å². The summed E-state index contributed by atoms with van der Waals surface area (Å²) < 4.78 is 56.3. The van der Waals surface area contributed by atoms with Crippen LogP contribution in [0.25, 0.3) is 22.2 Å². The van der Waals surface area contributed by atoms with Crippen LogP contribution in [0.15, 0.2) is 83.8 Å². The van der Waals surface area contributed by atoms with Crippen LogP contribution in [0.4, 0.5) is 8.78 Å². The van der Waals surface area contributed by atoms with Gasteiger partial charge in [0, 0.05) is 5.39 Å². The lowest BCUT2D eigenvalue weighted by Gasteiger charge is -2.13. The molecule has 0 saturated carbocycles. The van der Waals surface area contributed by atoms with Crippen molar-refractivity contribution in [3.63, 3.8) is 0 Å². The molecule has 0 radical (unpaired) electrons. The van der Waals surface area contributed by atoms with Gasteiger partial charge in [0.2, 0.25) is 0 Å². The maximum Gasteiger partial charge on any atom is 0.268 e. The van der Waals surface area contributed by atoms with E-state index < -0.39 is 21.7 Å². The Morgan fingerprint density at radius 2 is 1.35 bits per heavy atom. The van der Waals surface area contributed by atoms with Gasteiger partial charge in [-0.2, -0.15) is 0 Å². The molecular formula is C20H13F2NO2S. The molecule has 0 spiro atoms. The monoisotopic (exact) mass is 369 g/mol. The predicted octanol–water partition coefficient (Wildman–Crippen LogP) is 4.82. The van der Waals surface area contributed by atoms with Crippen molar-refractivity contribution in [3.8, 4) is 11.3 Å². The number of benzene rings is 3. The molecule has 3 aromatic carbocycles. The van der Waals surface area contributed by atoms with Gasteiger partial charge in [-0.15, -0.1) is 0 Å². The molecule has 3 nitrogen and oxygen atoms in total. The van der Waals surface area contributed by atoms with E-state index in [1.54, 1.807) is 42.5 Å². The number of rotatable bonds is 3. The molecule has 1 aromatic heterocycles. The predicted molar refractivity (Wildman–Crippen MR) is 96.3 cm³/mol. The topological polar surface area (TPSA) is 39.1 Å². The van der Waals surface area contributed by atoms with Crippen molar-refractivity contribution in [1.82, 2.24) is 3.97 Å². The van der Waals surface area contributed by atoms with Crippen molar-refractivity contribution in [2.75, 3.05) is 0 Å². The second-order valence-electron chi connectivity index (χ2n) is 5.77. The van der Waals surface area contributed by atoms with Gasteiger partial charge < -0.3 is 0 Å². The first kappa shape index (κ1) is 16.5. The van der Waals surface area contributed by atoms with E-state index in [-0.39, 0.29) is 16.2 Å². The van der Waals surface area contributed by atoms with E-state index in [1.807, 2.05) is 0 Å². The van der Waals surface area contributed by atoms with Gasteiger partial charge in [0.15, 0.2) is 0 Å². The van der Waals surface area contributed by atoms with E-state index in [0.29, 0.717) is 10.9 Å². The average Bonchev–Trinajstić information content (AvgIpc) is 3.02. The maximum atomic E-state index is 14.4. The third-order valence-corrected chi connectivity index (χ3v) is 5.91. The van der Waals surface area contributed by atoms with E-state index in [4.69, 9.17) is 0 Å². The first-order chi connectivity index (χ1) is 12.5. The number of nitrogens with zero attached hydrogens (tertiary/aromatic N) is 1. The Hall–Kier alpha value is -2.99. The smallest absolute Gasteiger partial charge is 0.233 e. The molecule has 1 heterocycles. The molecule has 0 amide bonds. The van der Waals surface area contributed by atoms with Crippen LogP contribution in [-0.2, 0) is 10.0 Å². The van der Waals surface area contributed by atoms with E-state index in [9.17, 15) is 17.2 Å². The quantitative estimate of drug-likeness (QED) is 0.519. The maximum absolute atomic E-state index is 14.4. The number of fused-ring (bicyclic) bond motifs is 1. The molecule has 4 aromatic rings. The van der Waals surface area contributed by atoms with Gasteiger partial charge in [0.25, 0.3) is 10.0 Å².